The number of benzene rings is 2. The summed E-state index contributed by atoms with van der Waals surface area (Å²) in [4.78, 5) is 33.9. The molecule has 4 rings (SSSR count). The number of hydrogen-bond donors (Lipinski definition) is 3. The van der Waals surface area contributed by atoms with Gasteiger partial charge in [-0.15, -0.1) is 0 Å². The van der Waals surface area contributed by atoms with Crippen molar-refractivity contribution in [3.8, 4) is 11.1 Å². The van der Waals surface area contributed by atoms with Crippen molar-refractivity contribution in [1.82, 2.24) is 15.6 Å². The Morgan fingerprint density at radius 2 is 1.75 bits per heavy atom. The molecule has 1 aromatic heterocycles. The van der Waals surface area contributed by atoms with Crippen molar-refractivity contribution in [1.29, 1.82) is 0 Å². The van der Waals surface area contributed by atoms with Crippen LogP contribution in [0.4, 0.5) is 0 Å². The molecular weight excluding hydrogens is 450 g/mol. The molecule has 0 saturated carbocycles. The maximum absolute atomic E-state index is 12.7. The van der Waals surface area contributed by atoms with E-state index < -0.39 is 0 Å². The predicted octanol–water partition coefficient (Wildman–Crippen LogP) is 3.98. The molecule has 0 atom stereocenters. The van der Waals surface area contributed by atoms with E-state index in [-0.39, 0.29) is 23.8 Å². The van der Waals surface area contributed by atoms with Gasteiger partial charge in [0.25, 0.3) is 5.91 Å². The highest BCUT2D eigenvalue weighted by molar-refractivity contribution is 6.05. The summed E-state index contributed by atoms with van der Waals surface area (Å²) in [5.41, 5.74) is 12.0. The van der Waals surface area contributed by atoms with Gasteiger partial charge in [-0.05, 0) is 53.9 Å². The third kappa shape index (κ3) is 5.93. The van der Waals surface area contributed by atoms with Crippen LogP contribution in [0.25, 0.3) is 16.8 Å². The summed E-state index contributed by atoms with van der Waals surface area (Å²) in [5, 5.41) is 5.51. The molecule has 0 fully saturated rings. The van der Waals surface area contributed by atoms with Crippen molar-refractivity contribution in [3.05, 3.63) is 95.3 Å². The van der Waals surface area contributed by atoms with Crippen LogP contribution in [0.5, 0.6) is 0 Å². The monoisotopic (exact) mass is 481 g/mol. The van der Waals surface area contributed by atoms with Crippen LogP contribution in [0.1, 0.15) is 47.3 Å². The summed E-state index contributed by atoms with van der Waals surface area (Å²) in [7, 11) is 0. The Kier molecular flexibility index (Phi) is 7.41. The minimum Gasteiger partial charge on any atom is -0.343 e. The Bertz CT molecular complexity index is 1340. The molecule has 0 bridgehead atoms. The number of carbonyl (C=O) groups is 2. The van der Waals surface area contributed by atoms with Crippen LogP contribution in [0, 0.1) is 6.92 Å². The minimum absolute atomic E-state index is 0.145. The Hall–Kier alpha value is -4.10. The van der Waals surface area contributed by atoms with Gasteiger partial charge in [0.05, 0.1) is 12.2 Å². The van der Waals surface area contributed by atoms with E-state index in [1.165, 1.54) is 0 Å². The van der Waals surface area contributed by atoms with Crippen LogP contribution >= 0.6 is 0 Å². The number of aromatic nitrogens is 1. The Morgan fingerprint density at radius 1 is 1.00 bits per heavy atom. The molecule has 2 aromatic carbocycles. The van der Waals surface area contributed by atoms with Gasteiger partial charge in [-0.25, -0.2) is 4.99 Å². The summed E-state index contributed by atoms with van der Waals surface area (Å²) >= 11 is 0. The first kappa shape index (κ1) is 25.0. The van der Waals surface area contributed by atoms with Crippen LogP contribution in [-0.2, 0) is 10.2 Å². The van der Waals surface area contributed by atoms with Gasteiger partial charge in [0, 0.05) is 41.9 Å². The smallest absolute Gasteiger partial charge is 0.251 e. The lowest BCUT2D eigenvalue weighted by Crippen LogP contribution is -2.39. The standard InChI is InChI=1S/C29H31N5O2/c1-19-13-23(16-24(14-19)29(2,3)18-30)28(36)32-17-27(35)34-26-8-7-25(33-26)22-6-4-5-21(15-22)20-9-11-31-12-10-20/h4-7,9-16H,8,17-18,30H2,1-3H3,(H,32,36)(H,33,34,35). The van der Waals surface area contributed by atoms with Crippen molar-refractivity contribution in [2.75, 3.05) is 13.1 Å². The van der Waals surface area contributed by atoms with E-state index in [0.717, 1.165) is 33.5 Å². The van der Waals surface area contributed by atoms with E-state index in [0.29, 0.717) is 24.4 Å². The number of pyridine rings is 1. The molecule has 4 N–H and O–H groups in total. The number of amidine groups is 1. The highest BCUT2D eigenvalue weighted by atomic mass is 16.2. The zero-order valence-electron chi connectivity index (χ0n) is 20.8. The zero-order chi connectivity index (χ0) is 25.7. The zero-order valence-corrected chi connectivity index (χ0v) is 20.8. The van der Waals surface area contributed by atoms with Gasteiger partial charge in [-0.2, -0.15) is 0 Å². The quantitative estimate of drug-likeness (QED) is 0.474. The lowest BCUT2D eigenvalue weighted by molar-refractivity contribution is -0.118. The van der Waals surface area contributed by atoms with Crippen molar-refractivity contribution < 1.29 is 9.59 Å². The molecule has 0 saturated heterocycles. The van der Waals surface area contributed by atoms with Gasteiger partial charge in [-0.1, -0.05) is 49.8 Å². The number of nitrogens with two attached hydrogens (primary N) is 1. The second-order valence-electron chi connectivity index (χ2n) is 9.58. The van der Waals surface area contributed by atoms with E-state index in [9.17, 15) is 9.59 Å². The normalized spacial score (nSPS) is 13.1. The van der Waals surface area contributed by atoms with Crippen molar-refractivity contribution >= 4 is 23.3 Å². The van der Waals surface area contributed by atoms with Crippen LogP contribution in [0.3, 0.4) is 0 Å². The highest BCUT2D eigenvalue weighted by Gasteiger charge is 2.21. The van der Waals surface area contributed by atoms with Crippen LogP contribution in [-0.4, -0.2) is 35.7 Å². The third-order valence-corrected chi connectivity index (χ3v) is 6.24. The van der Waals surface area contributed by atoms with Crippen molar-refractivity contribution in [2.45, 2.75) is 32.6 Å². The van der Waals surface area contributed by atoms with Gasteiger partial charge < -0.3 is 16.4 Å². The van der Waals surface area contributed by atoms with Gasteiger partial charge in [0.1, 0.15) is 5.84 Å². The molecule has 0 spiro atoms. The van der Waals surface area contributed by atoms with E-state index in [1.807, 2.05) is 69.3 Å². The number of nitrogens with one attached hydrogen (secondary N) is 2. The number of rotatable bonds is 7. The maximum atomic E-state index is 12.7. The van der Waals surface area contributed by atoms with Gasteiger partial charge >= 0.3 is 0 Å². The molecule has 3 aromatic rings. The molecule has 7 nitrogen and oxygen atoms in total. The van der Waals surface area contributed by atoms with E-state index in [1.54, 1.807) is 18.5 Å². The first-order valence-electron chi connectivity index (χ1n) is 11.9. The predicted molar refractivity (Wildman–Crippen MR) is 143 cm³/mol. The van der Waals surface area contributed by atoms with E-state index in [4.69, 9.17) is 5.73 Å². The molecule has 36 heavy (non-hydrogen) atoms. The lowest BCUT2D eigenvalue weighted by atomic mass is 9.83. The number of hydrogen-bond acceptors (Lipinski definition) is 5. The average Bonchev–Trinajstić information content (AvgIpc) is 3.36. The molecule has 1 aliphatic rings. The molecule has 184 valence electrons. The van der Waals surface area contributed by atoms with Crippen LogP contribution in [0.15, 0.2) is 78.1 Å². The van der Waals surface area contributed by atoms with Gasteiger partial charge in [0.2, 0.25) is 5.91 Å². The summed E-state index contributed by atoms with van der Waals surface area (Å²) in [6, 6.07) is 17.7. The minimum atomic E-state index is -0.322. The van der Waals surface area contributed by atoms with Crippen molar-refractivity contribution in [3.63, 3.8) is 0 Å². The number of nitrogens with zero attached hydrogens (tertiary/aromatic N) is 2. The van der Waals surface area contributed by atoms with Gasteiger partial charge in [0.15, 0.2) is 0 Å². The first-order valence-corrected chi connectivity index (χ1v) is 11.9. The molecular formula is C29H31N5O2. The molecule has 1 aliphatic heterocycles. The van der Waals surface area contributed by atoms with E-state index in [2.05, 4.69) is 26.7 Å². The summed E-state index contributed by atoms with van der Waals surface area (Å²) in [5.74, 6) is -0.0680. The van der Waals surface area contributed by atoms with Gasteiger partial charge in [-0.3, -0.25) is 14.6 Å². The Balaban J connectivity index is 1.36. The molecule has 7 heteroatoms. The molecule has 2 amide bonds. The molecule has 0 aliphatic carbocycles. The molecule has 0 radical (unpaired) electrons. The first-order chi connectivity index (χ1) is 17.2. The average molecular weight is 482 g/mol. The fourth-order valence-electron chi connectivity index (χ4n) is 3.98. The number of carbonyl (C=O) groups excluding carboxylic acids is 2. The largest absolute Gasteiger partial charge is 0.343 e. The third-order valence-electron chi connectivity index (χ3n) is 6.24. The fraction of sp³-hybridized carbons (Fsp3) is 0.241. The Morgan fingerprint density at radius 3 is 2.50 bits per heavy atom. The van der Waals surface area contributed by atoms with E-state index >= 15 is 0 Å². The maximum Gasteiger partial charge on any atom is 0.251 e. The van der Waals surface area contributed by atoms with Crippen LogP contribution < -0.4 is 16.4 Å². The highest BCUT2D eigenvalue weighted by Crippen LogP contribution is 2.27. The topological polar surface area (TPSA) is 109 Å². The van der Waals surface area contributed by atoms with Crippen LogP contribution in [0.2, 0.25) is 0 Å². The molecule has 0 unspecified atom stereocenters. The fourth-order valence-corrected chi connectivity index (χ4v) is 3.98. The summed E-state index contributed by atoms with van der Waals surface area (Å²) in [6.45, 7) is 6.34. The lowest BCUT2D eigenvalue weighted by Gasteiger charge is -2.24. The number of aliphatic imine (C=N–C) groups is 1. The SMILES string of the molecule is Cc1cc(C(=O)NCC(=O)NC2=NC(c3cccc(-c4ccncc4)c3)=CC2)cc(C(C)(C)CN)c1. The van der Waals surface area contributed by atoms with Crippen molar-refractivity contribution in [2.24, 2.45) is 10.7 Å². The second-order valence-corrected chi connectivity index (χ2v) is 9.58. The number of aryl methyl sites for hydroxylation is 1. The summed E-state index contributed by atoms with van der Waals surface area (Å²) < 4.78 is 0. The second kappa shape index (κ2) is 10.7. The number of amides is 2. The Labute approximate surface area is 211 Å². The summed E-state index contributed by atoms with van der Waals surface area (Å²) in [6.07, 6.45) is 6.03. The molecule has 2 heterocycles.